The summed E-state index contributed by atoms with van der Waals surface area (Å²) in [6, 6.07) is 8.15. The van der Waals surface area contributed by atoms with Crippen molar-refractivity contribution in [3.63, 3.8) is 0 Å². The molecule has 14 heteroatoms. The molecule has 228 valence electrons. The first kappa shape index (κ1) is 33.2. The van der Waals surface area contributed by atoms with E-state index >= 15 is 0 Å². The van der Waals surface area contributed by atoms with E-state index in [1.807, 2.05) is 19.9 Å². The molecule has 0 saturated carbocycles. The van der Waals surface area contributed by atoms with Crippen LogP contribution in [0.15, 0.2) is 30.5 Å². The van der Waals surface area contributed by atoms with Gasteiger partial charge < -0.3 is 19.8 Å². The smallest absolute Gasteiger partial charge is 0.481 e. The molecule has 0 aliphatic carbocycles. The van der Waals surface area contributed by atoms with Crippen molar-refractivity contribution >= 4 is 35.1 Å². The van der Waals surface area contributed by atoms with Crippen LogP contribution in [0.1, 0.15) is 44.7 Å². The van der Waals surface area contributed by atoms with Gasteiger partial charge in [-0.25, -0.2) is 14.8 Å². The van der Waals surface area contributed by atoms with Crippen LogP contribution in [0.5, 0.6) is 5.88 Å². The zero-order chi connectivity index (χ0) is 31.0. The van der Waals surface area contributed by atoms with Crippen molar-refractivity contribution in [3.05, 3.63) is 46.6 Å². The Morgan fingerprint density at radius 2 is 1.88 bits per heavy atom. The number of ether oxygens (including phenoxy) is 1. The van der Waals surface area contributed by atoms with Crippen molar-refractivity contribution in [1.29, 1.82) is 0 Å². The third-order valence-corrected chi connectivity index (χ3v) is 7.61. The topological polar surface area (TPSA) is 126 Å². The molecule has 0 amide bonds. The highest BCUT2D eigenvalue weighted by Crippen LogP contribution is 2.33. The molecule has 42 heavy (non-hydrogen) atoms. The fraction of sp³-hybridized carbons (Fsp3) is 0.464. The molecule has 0 spiro atoms. The minimum atomic E-state index is -5.08. The molecule has 1 fully saturated rings. The van der Waals surface area contributed by atoms with E-state index in [-0.39, 0.29) is 12.0 Å². The van der Waals surface area contributed by atoms with Crippen molar-refractivity contribution in [2.45, 2.75) is 58.7 Å². The van der Waals surface area contributed by atoms with E-state index in [2.05, 4.69) is 39.4 Å². The summed E-state index contributed by atoms with van der Waals surface area (Å²) < 4.78 is 42.0. The number of halogens is 4. The van der Waals surface area contributed by atoms with Crippen molar-refractivity contribution < 1.29 is 37.7 Å². The molecule has 1 aromatic carbocycles. The molecule has 0 radical (unpaired) electrons. The van der Waals surface area contributed by atoms with Gasteiger partial charge >= 0.3 is 18.1 Å². The largest absolute Gasteiger partial charge is 0.490 e. The molecule has 3 aromatic rings. The summed E-state index contributed by atoms with van der Waals surface area (Å²) in [6.07, 6.45) is -0.109. The number of carboxylic acid groups (broad SMARTS) is 2. The highest BCUT2D eigenvalue weighted by molar-refractivity contribution is 7.09. The molecule has 3 heterocycles. The Labute approximate surface area is 250 Å². The molecule has 2 N–H and O–H groups in total. The van der Waals surface area contributed by atoms with E-state index in [0.717, 1.165) is 61.5 Å². The number of alkyl halides is 3. The number of hydrogen-bond donors (Lipinski definition) is 2. The number of carboxylic acids is 2. The van der Waals surface area contributed by atoms with Gasteiger partial charge in [0.05, 0.1) is 12.0 Å². The number of carbonyl (C=O) groups is 2. The molecule has 2 aromatic heterocycles. The Morgan fingerprint density at radius 3 is 2.43 bits per heavy atom. The Hall–Kier alpha value is -3.29. The molecular weight excluding hydrogens is 597 g/mol. The van der Waals surface area contributed by atoms with Crippen molar-refractivity contribution in [2.24, 2.45) is 5.92 Å². The lowest BCUT2D eigenvalue weighted by Crippen LogP contribution is -2.37. The highest BCUT2D eigenvalue weighted by atomic mass is 35.5. The molecule has 1 aliphatic rings. The number of aliphatic carboxylic acids is 2. The molecule has 0 atom stereocenters. The lowest BCUT2D eigenvalue weighted by Gasteiger charge is -2.30. The summed E-state index contributed by atoms with van der Waals surface area (Å²) in [5, 5.41) is 17.6. The fourth-order valence-corrected chi connectivity index (χ4v) is 5.35. The van der Waals surface area contributed by atoms with E-state index in [4.69, 9.17) is 31.2 Å². The van der Waals surface area contributed by atoms with Crippen LogP contribution in [0, 0.1) is 5.92 Å². The maximum atomic E-state index is 11.2. The first-order valence-electron chi connectivity index (χ1n) is 13.3. The average Bonchev–Trinajstić information content (AvgIpc) is 3.43. The number of rotatable bonds is 9. The number of piperidine rings is 1. The zero-order valence-corrected chi connectivity index (χ0v) is 24.9. The Morgan fingerprint density at radius 1 is 1.21 bits per heavy atom. The minimum Gasteiger partial charge on any atom is -0.481 e. The summed E-state index contributed by atoms with van der Waals surface area (Å²) in [5.41, 5.74) is 4.42. The SMILES string of the molecule is CCc1c(CCN2CCC(C(=O)O)CC2)cccc1-c1nsc(-c2cnc(OC(C)C)c(Cl)c2)n1.O=C(O)C(F)(F)F. The minimum absolute atomic E-state index is 0.00436. The van der Waals surface area contributed by atoms with Crippen LogP contribution < -0.4 is 4.74 Å². The molecule has 0 bridgehead atoms. The second-order valence-electron chi connectivity index (χ2n) is 9.90. The average molecular weight is 629 g/mol. The van der Waals surface area contributed by atoms with Crippen LogP contribution in [0.2, 0.25) is 5.02 Å². The van der Waals surface area contributed by atoms with Crippen molar-refractivity contribution in [1.82, 2.24) is 19.2 Å². The van der Waals surface area contributed by atoms with Gasteiger partial charge in [0.2, 0.25) is 5.88 Å². The molecule has 9 nitrogen and oxygen atoms in total. The predicted octanol–water partition coefficient (Wildman–Crippen LogP) is 6.24. The summed E-state index contributed by atoms with van der Waals surface area (Å²) >= 11 is 7.71. The summed E-state index contributed by atoms with van der Waals surface area (Å²) in [4.78, 5) is 31.6. The molecule has 4 rings (SSSR count). The quantitative estimate of drug-likeness (QED) is 0.283. The number of pyridine rings is 1. The number of aromatic nitrogens is 3. The number of likely N-dealkylation sites (tertiary alicyclic amines) is 1. The molecule has 1 saturated heterocycles. The Kier molecular flexibility index (Phi) is 11.7. The standard InChI is InChI=1S/C26H31ClN4O3S.C2HF3O2/c1-4-20-17(8-11-31-12-9-18(10-13-31)26(32)33)6-5-7-21(20)23-29-25(35-30-23)19-14-22(27)24(28-15-19)34-16(2)3;3-2(4,5)1(6)7/h5-7,14-16,18H,4,8-13H2,1-3H3,(H,32,33);(H,6,7). The van der Waals surface area contributed by atoms with E-state index in [0.29, 0.717) is 16.7 Å². The van der Waals surface area contributed by atoms with E-state index in [1.165, 1.54) is 22.7 Å². The lowest BCUT2D eigenvalue weighted by atomic mass is 9.94. The maximum Gasteiger partial charge on any atom is 0.490 e. The van der Waals surface area contributed by atoms with Gasteiger partial charge in [0.25, 0.3) is 0 Å². The van der Waals surface area contributed by atoms with Gasteiger partial charge in [-0.2, -0.15) is 17.5 Å². The van der Waals surface area contributed by atoms with E-state index in [9.17, 15) is 23.1 Å². The van der Waals surface area contributed by atoms with Crippen LogP contribution in [-0.2, 0) is 22.4 Å². The summed E-state index contributed by atoms with van der Waals surface area (Å²) in [6.45, 7) is 8.63. The monoisotopic (exact) mass is 628 g/mol. The van der Waals surface area contributed by atoms with Crippen molar-refractivity contribution in [3.8, 4) is 27.8 Å². The zero-order valence-electron chi connectivity index (χ0n) is 23.3. The lowest BCUT2D eigenvalue weighted by molar-refractivity contribution is -0.192. The first-order chi connectivity index (χ1) is 19.8. The second kappa shape index (κ2) is 14.7. The van der Waals surface area contributed by atoms with Gasteiger partial charge in [0, 0.05) is 23.9 Å². The molecule has 1 aliphatic heterocycles. The van der Waals surface area contributed by atoms with Gasteiger partial charge in [-0.3, -0.25) is 4.79 Å². The third kappa shape index (κ3) is 9.10. The van der Waals surface area contributed by atoms with Crippen LogP contribution in [0.3, 0.4) is 0 Å². The van der Waals surface area contributed by atoms with Crippen LogP contribution in [0.25, 0.3) is 22.0 Å². The first-order valence-corrected chi connectivity index (χ1v) is 14.5. The van der Waals surface area contributed by atoms with Gasteiger partial charge in [-0.05, 0) is 81.3 Å². The second-order valence-corrected chi connectivity index (χ2v) is 11.1. The van der Waals surface area contributed by atoms with Crippen LogP contribution in [-0.4, -0.2) is 73.3 Å². The highest BCUT2D eigenvalue weighted by Gasteiger charge is 2.38. The Balaban J connectivity index is 0.000000616. The normalized spacial score (nSPS) is 14.4. The fourth-order valence-electron chi connectivity index (χ4n) is 4.48. The maximum absolute atomic E-state index is 11.2. The summed E-state index contributed by atoms with van der Waals surface area (Å²) in [7, 11) is 0. The number of benzene rings is 1. The number of hydrogen-bond acceptors (Lipinski definition) is 8. The van der Waals surface area contributed by atoms with E-state index < -0.39 is 18.1 Å². The van der Waals surface area contributed by atoms with Gasteiger partial charge in [0.15, 0.2) is 5.82 Å². The van der Waals surface area contributed by atoms with Gasteiger partial charge in [0.1, 0.15) is 10.0 Å². The van der Waals surface area contributed by atoms with Crippen LogP contribution >= 0.6 is 23.1 Å². The Bertz CT molecular complexity index is 1380. The third-order valence-electron chi connectivity index (χ3n) is 6.57. The van der Waals surface area contributed by atoms with Crippen molar-refractivity contribution in [2.75, 3.05) is 19.6 Å². The van der Waals surface area contributed by atoms with Crippen LogP contribution in [0.4, 0.5) is 13.2 Å². The molecule has 0 unspecified atom stereocenters. The van der Waals surface area contributed by atoms with Gasteiger partial charge in [-0.1, -0.05) is 36.7 Å². The summed E-state index contributed by atoms with van der Waals surface area (Å²) in [5.74, 6) is -2.49. The predicted molar refractivity (Wildman–Crippen MR) is 153 cm³/mol. The van der Waals surface area contributed by atoms with Gasteiger partial charge in [-0.15, -0.1) is 0 Å². The molecular formula is C28H32ClF3N4O5S. The van der Waals surface area contributed by atoms with E-state index in [1.54, 1.807) is 6.20 Å². The number of nitrogens with zero attached hydrogens (tertiary/aromatic N) is 4.